The summed E-state index contributed by atoms with van der Waals surface area (Å²) in [6.45, 7) is 0. The lowest BCUT2D eigenvalue weighted by molar-refractivity contribution is 0.595. The minimum atomic E-state index is 0.0421. The van der Waals surface area contributed by atoms with E-state index in [2.05, 4.69) is 25.8 Å². The van der Waals surface area contributed by atoms with Crippen molar-refractivity contribution in [2.24, 2.45) is 7.05 Å². The van der Waals surface area contributed by atoms with Gasteiger partial charge in [-0.15, -0.1) is 5.10 Å². The molecule has 0 aromatic carbocycles. The Morgan fingerprint density at radius 2 is 2.13 bits per heavy atom. The van der Waals surface area contributed by atoms with Gasteiger partial charge < -0.3 is 5.32 Å². The molecule has 0 saturated heterocycles. The third-order valence-corrected chi connectivity index (χ3v) is 2.27. The molecule has 0 amide bonds. The Balaban J connectivity index is 2.37. The maximum Gasteiger partial charge on any atom is 0.0799 e. The van der Waals surface area contributed by atoms with E-state index in [0.717, 1.165) is 11.3 Å². The predicted molar refractivity (Wildman–Crippen MR) is 53.9 cm³/mol. The number of hydrogen-bond acceptors (Lipinski definition) is 5. The van der Waals surface area contributed by atoms with Gasteiger partial charge in [0.1, 0.15) is 0 Å². The van der Waals surface area contributed by atoms with Gasteiger partial charge in [-0.25, -0.2) is 0 Å². The molecule has 0 aliphatic carbocycles. The predicted octanol–water partition coefficient (Wildman–Crippen LogP) is -0.0861. The molecule has 0 radical (unpaired) electrons. The first-order valence-corrected chi connectivity index (χ1v) is 4.61. The highest BCUT2D eigenvalue weighted by atomic mass is 15.4. The molecule has 1 N–H and O–H groups in total. The van der Waals surface area contributed by atoms with Gasteiger partial charge in [0.15, 0.2) is 0 Å². The average molecular weight is 204 g/mol. The van der Waals surface area contributed by atoms with E-state index in [4.69, 9.17) is 0 Å². The maximum absolute atomic E-state index is 3.90. The molecule has 0 aliphatic rings. The first-order valence-electron chi connectivity index (χ1n) is 4.61. The van der Waals surface area contributed by atoms with Crippen molar-refractivity contribution in [3.8, 4) is 0 Å². The zero-order chi connectivity index (χ0) is 10.7. The molecular weight excluding hydrogens is 192 g/mol. The van der Waals surface area contributed by atoms with Crippen LogP contribution in [0.1, 0.15) is 17.3 Å². The van der Waals surface area contributed by atoms with E-state index in [1.165, 1.54) is 0 Å². The first kappa shape index (κ1) is 9.72. The number of hydrogen-bond donors (Lipinski definition) is 1. The van der Waals surface area contributed by atoms with Crippen molar-refractivity contribution in [2.45, 2.75) is 6.04 Å². The Kier molecular flexibility index (Phi) is 2.68. The van der Waals surface area contributed by atoms with Gasteiger partial charge >= 0.3 is 0 Å². The lowest BCUT2D eigenvalue weighted by Crippen LogP contribution is -2.20. The summed E-state index contributed by atoms with van der Waals surface area (Å²) in [6.07, 6.45) is 5.14. The van der Waals surface area contributed by atoms with Crippen molar-refractivity contribution in [2.75, 3.05) is 7.05 Å². The summed E-state index contributed by atoms with van der Waals surface area (Å²) in [5, 5.41) is 18.6. The van der Waals surface area contributed by atoms with Crippen LogP contribution in [0.5, 0.6) is 0 Å². The van der Waals surface area contributed by atoms with Crippen LogP contribution in [0, 0.1) is 0 Å². The molecule has 0 spiro atoms. The van der Waals surface area contributed by atoms with Gasteiger partial charge in [-0.05, 0) is 18.7 Å². The molecule has 2 aromatic rings. The van der Waals surface area contributed by atoms with Crippen LogP contribution < -0.4 is 5.32 Å². The van der Waals surface area contributed by atoms with E-state index in [-0.39, 0.29) is 6.04 Å². The largest absolute Gasteiger partial charge is 0.308 e. The molecule has 78 valence electrons. The molecule has 0 bridgehead atoms. The smallest absolute Gasteiger partial charge is 0.0799 e. The lowest BCUT2D eigenvalue weighted by atomic mass is 10.1. The fraction of sp³-hybridized carbons (Fsp3) is 0.333. The molecule has 0 aliphatic heterocycles. The summed E-state index contributed by atoms with van der Waals surface area (Å²) in [7, 11) is 3.75. The summed E-state index contributed by atoms with van der Waals surface area (Å²) >= 11 is 0. The first-order chi connectivity index (χ1) is 7.33. The van der Waals surface area contributed by atoms with E-state index in [0.29, 0.717) is 0 Å². The normalized spacial score (nSPS) is 12.7. The van der Waals surface area contributed by atoms with E-state index < -0.39 is 0 Å². The van der Waals surface area contributed by atoms with Crippen LogP contribution in [0.25, 0.3) is 0 Å². The Hall–Kier alpha value is -1.82. The van der Waals surface area contributed by atoms with Gasteiger partial charge in [0.25, 0.3) is 0 Å². The number of aromatic nitrogens is 5. The Morgan fingerprint density at radius 1 is 1.27 bits per heavy atom. The lowest BCUT2D eigenvalue weighted by Gasteiger charge is -2.15. The van der Waals surface area contributed by atoms with Crippen LogP contribution in [-0.4, -0.2) is 32.2 Å². The second-order valence-electron chi connectivity index (χ2n) is 3.18. The monoisotopic (exact) mass is 204 g/mol. The topological polar surface area (TPSA) is 68.5 Å². The second kappa shape index (κ2) is 4.14. The highest BCUT2D eigenvalue weighted by Gasteiger charge is 2.15. The van der Waals surface area contributed by atoms with Gasteiger partial charge in [-0.3, -0.25) is 4.68 Å². The van der Waals surface area contributed by atoms with Crippen LogP contribution in [0.4, 0.5) is 0 Å². The molecule has 0 fully saturated rings. The molecule has 6 heteroatoms. The van der Waals surface area contributed by atoms with Gasteiger partial charge in [0.05, 0.1) is 24.1 Å². The van der Waals surface area contributed by atoms with Crippen molar-refractivity contribution in [3.05, 3.63) is 35.9 Å². The van der Waals surface area contributed by atoms with Crippen LogP contribution in [-0.2, 0) is 7.05 Å². The molecular formula is C9H12N6. The molecule has 15 heavy (non-hydrogen) atoms. The van der Waals surface area contributed by atoms with E-state index >= 15 is 0 Å². The molecule has 1 atom stereocenters. The van der Waals surface area contributed by atoms with Crippen molar-refractivity contribution in [1.29, 1.82) is 0 Å². The SMILES string of the molecule is CNC(c1ccnnc1)c1cnnn1C. The minimum absolute atomic E-state index is 0.0421. The summed E-state index contributed by atoms with van der Waals surface area (Å²) in [5.41, 5.74) is 2.03. The van der Waals surface area contributed by atoms with Crippen LogP contribution >= 0.6 is 0 Å². The van der Waals surface area contributed by atoms with Crippen molar-refractivity contribution in [1.82, 2.24) is 30.5 Å². The summed E-state index contributed by atoms with van der Waals surface area (Å²) in [6, 6.07) is 1.96. The molecule has 1 unspecified atom stereocenters. The van der Waals surface area contributed by atoms with E-state index in [1.807, 2.05) is 20.2 Å². The zero-order valence-corrected chi connectivity index (χ0v) is 8.62. The van der Waals surface area contributed by atoms with Gasteiger partial charge in [-0.2, -0.15) is 10.2 Å². The molecule has 2 rings (SSSR count). The summed E-state index contributed by atoms with van der Waals surface area (Å²) in [4.78, 5) is 0. The van der Waals surface area contributed by atoms with Gasteiger partial charge in [-0.1, -0.05) is 5.21 Å². The standard InChI is InChI=1S/C9H12N6/c1-10-9(7-3-4-11-12-5-7)8-6-13-14-15(8)2/h3-6,9-10H,1-2H3. The number of nitrogens with zero attached hydrogens (tertiary/aromatic N) is 5. The minimum Gasteiger partial charge on any atom is -0.308 e. The van der Waals surface area contributed by atoms with Crippen molar-refractivity contribution < 1.29 is 0 Å². The molecule has 6 nitrogen and oxygen atoms in total. The molecule has 0 saturated carbocycles. The zero-order valence-electron chi connectivity index (χ0n) is 8.62. The highest BCUT2D eigenvalue weighted by molar-refractivity contribution is 5.22. The molecule has 2 heterocycles. The average Bonchev–Trinajstić information content (AvgIpc) is 2.68. The summed E-state index contributed by atoms with van der Waals surface area (Å²) < 4.78 is 1.74. The third-order valence-electron chi connectivity index (χ3n) is 2.27. The van der Waals surface area contributed by atoms with Crippen LogP contribution in [0.15, 0.2) is 24.7 Å². The maximum atomic E-state index is 3.90. The Bertz CT molecular complexity index is 423. The fourth-order valence-corrected chi connectivity index (χ4v) is 1.52. The van der Waals surface area contributed by atoms with Crippen molar-refractivity contribution in [3.63, 3.8) is 0 Å². The highest BCUT2D eigenvalue weighted by Crippen LogP contribution is 2.18. The van der Waals surface area contributed by atoms with Crippen molar-refractivity contribution >= 4 is 0 Å². The van der Waals surface area contributed by atoms with Crippen LogP contribution in [0.2, 0.25) is 0 Å². The second-order valence-corrected chi connectivity index (χ2v) is 3.18. The number of aryl methyl sites for hydroxylation is 1. The fourth-order valence-electron chi connectivity index (χ4n) is 1.52. The van der Waals surface area contributed by atoms with Gasteiger partial charge in [0, 0.05) is 13.2 Å². The Labute approximate surface area is 87.3 Å². The van der Waals surface area contributed by atoms with Gasteiger partial charge in [0.2, 0.25) is 0 Å². The molecule has 2 aromatic heterocycles. The van der Waals surface area contributed by atoms with Crippen LogP contribution in [0.3, 0.4) is 0 Å². The summed E-state index contributed by atoms with van der Waals surface area (Å²) in [5.74, 6) is 0. The quantitative estimate of drug-likeness (QED) is 0.757. The van der Waals surface area contributed by atoms with E-state index in [9.17, 15) is 0 Å². The number of nitrogens with one attached hydrogen (secondary N) is 1. The number of rotatable bonds is 3. The third kappa shape index (κ3) is 1.84. The Morgan fingerprint density at radius 3 is 2.67 bits per heavy atom. The van der Waals surface area contributed by atoms with E-state index in [1.54, 1.807) is 23.3 Å².